The normalized spacial score (nSPS) is 9.89. The predicted molar refractivity (Wildman–Crippen MR) is 73.0 cm³/mol. The lowest BCUT2D eigenvalue weighted by atomic mass is 10.1. The molecule has 0 saturated heterocycles. The zero-order valence-corrected chi connectivity index (χ0v) is 10.4. The molecule has 0 aliphatic rings. The summed E-state index contributed by atoms with van der Waals surface area (Å²) in [7, 11) is 1.62. The van der Waals surface area contributed by atoms with Crippen molar-refractivity contribution in [2.45, 2.75) is 6.92 Å². The van der Waals surface area contributed by atoms with Crippen molar-refractivity contribution in [1.29, 1.82) is 5.41 Å². The molecule has 0 radical (unpaired) electrons. The molecule has 1 aromatic carbocycles. The molecule has 0 aliphatic carbocycles. The Balaban J connectivity index is 2.37. The van der Waals surface area contributed by atoms with E-state index in [0.717, 1.165) is 22.7 Å². The van der Waals surface area contributed by atoms with Gasteiger partial charge in [-0.05, 0) is 13.0 Å². The molecular weight excluding hydrogens is 226 g/mol. The Morgan fingerprint density at radius 2 is 2.00 bits per heavy atom. The van der Waals surface area contributed by atoms with E-state index in [2.05, 4.69) is 10.3 Å². The van der Waals surface area contributed by atoms with Crippen LogP contribution in [0.15, 0.2) is 42.7 Å². The van der Waals surface area contributed by atoms with Gasteiger partial charge in [0.25, 0.3) is 0 Å². The molecule has 2 aromatic rings. The number of rotatable bonds is 4. The number of pyridine rings is 1. The van der Waals surface area contributed by atoms with Crippen molar-refractivity contribution in [1.82, 2.24) is 4.98 Å². The molecule has 2 rings (SSSR count). The summed E-state index contributed by atoms with van der Waals surface area (Å²) in [5.74, 6) is 0.724. The van der Waals surface area contributed by atoms with E-state index in [1.807, 2.05) is 24.3 Å². The Bertz CT molecular complexity index is 566. The maximum Gasteiger partial charge on any atom is 0.145 e. The van der Waals surface area contributed by atoms with Crippen molar-refractivity contribution in [3.63, 3.8) is 0 Å². The monoisotopic (exact) mass is 241 g/mol. The first-order valence-corrected chi connectivity index (χ1v) is 5.62. The predicted octanol–water partition coefficient (Wildman–Crippen LogP) is 3.22. The minimum absolute atomic E-state index is 0.515. The second kappa shape index (κ2) is 5.31. The van der Waals surface area contributed by atoms with Crippen LogP contribution in [0.25, 0.3) is 0 Å². The summed E-state index contributed by atoms with van der Waals surface area (Å²) in [6, 6.07) is 9.48. The summed E-state index contributed by atoms with van der Waals surface area (Å²) < 4.78 is 5.26. The van der Waals surface area contributed by atoms with Crippen LogP contribution < -0.4 is 10.1 Å². The van der Waals surface area contributed by atoms with E-state index in [1.54, 1.807) is 32.5 Å². The zero-order valence-electron chi connectivity index (χ0n) is 10.4. The Morgan fingerprint density at radius 1 is 1.22 bits per heavy atom. The van der Waals surface area contributed by atoms with Gasteiger partial charge in [0.05, 0.1) is 19.0 Å². The van der Waals surface area contributed by atoms with Gasteiger partial charge in [0.1, 0.15) is 5.75 Å². The minimum Gasteiger partial charge on any atom is -0.494 e. The number of hydrogen-bond acceptors (Lipinski definition) is 4. The van der Waals surface area contributed by atoms with Gasteiger partial charge in [-0.2, -0.15) is 0 Å². The highest BCUT2D eigenvalue weighted by atomic mass is 16.5. The summed E-state index contributed by atoms with van der Waals surface area (Å²) in [5.41, 5.74) is 3.04. The summed E-state index contributed by atoms with van der Waals surface area (Å²) in [6.45, 7) is 1.76. The van der Waals surface area contributed by atoms with Gasteiger partial charge < -0.3 is 15.5 Å². The van der Waals surface area contributed by atoms with E-state index in [4.69, 9.17) is 10.1 Å². The summed E-state index contributed by atoms with van der Waals surface area (Å²) in [4.78, 5) is 4.07. The number of anilines is 2. The molecule has 18 heavy (non-hydrogen) atoms. The lowest BCUT2D eigenvalue weighted by Crippen LogP contribution is -2.01. The second-order valence-electron chi connectivity index (χ2n) is 3.87. The minimum atomic E-state index is 0.515. The van der Waals surface area contributed by atoms with Crippen LogP contribution in [-0.4, -0.2) is 17.8 Å². The van der Waals surface area contributed by atoms with E-state index >= 15 is 0 Å². The number of aromatic nitrogens is 1. The number of methoxy groups -OCH3 is 1. The van der Waals surface area contributed by atoms with Gasteiger partial charge in [-0.3, -0.25) is 4.98 Å². The molecule has 0 spiro atoms. The Morgan fingerprint density at radius 3 is 2.72 bits per heavy atom. The van der Waals surface area contributed by atoms with Crippen molar-refractivity contribution in [2.24, 2.45) is 0 Å². The number of para-hydroxylation sites is 1. The average molecular weight is 241 g/mol. The van der Waals surface area contributed by atoms with E-state index < -0.39 is 0 Å². The number of nitrogens with zero attached hydrogens (tertiary/aromatic N) is 1. The first-order chi connectivity index (χ1) is 8.72. The first-order valence-electron chi connectivity index (χ1n) is 5.62. The highest BCUT2D eigenvalue weighted by molar-refractivity contribution is 6.02. The number of ether oxygens (including phenoxy) is 1. The van der Waals surface area contributed by atoms with E-state index in [-0.39, 0.29) is 0 Å². The molecule has 0 saturated carbocycles. The standard InChI is InChI=1S/C14H15N3O/c1-10(15)11-5-3-4-6-12(11)17-13-9-16-8-7-14(13)18-2/h3-9,15,17H,1-2H3. The van der Waals surface area contributed by atoms with E-state index in [1.165, 1.54) is 0 Å². The summed E-state index contributed by atoms with van der Waals surface area (Å²) in [6.07, 6.45) is 3.38. The van der Waals surface area contributed by atoms with Crippen molar-refractivity contribution in [2.75, 3.05) is 12.4 Å². The number of hydrogen-bond donors (Lipinski definition) is 2. The fourth-order valence-corrected chi connectivity index (χ4v) is 1.72. The van der Waals surface area contributed by atoms with Crippen LogP contribution >= 0.6 is 0 Å². The molecule has 1 aromatic heterocycles. The maximum absolute atomic E-state index is 7.75. The number of nitrogens with one attached hydrogen (secondary N) is 2. The molecule has 0 amide bonds. The zero-order chi connectivity index (χ0) is 13.0. The van der Waals surface area contributed by atoms with Gasteiger partial charge in [0, 0.05) is 29.2 Å². The molecule has 0 aliphatic heterocycles. The molecule has 1 heterocycles. The van der Waals surface area contributed by atoms with Gasteiger partial charge in [-0.15, -0.1) is 0 Å². The third-order valence-electron chi connectivity index (χ3n) is 2.60. The number of benzene rings is 1. The van der Waals surface area contributed by atoms with Crippen LogP contribution in [0.5, 0.6) is 5.75 Å². The summed E-state index contributed by atoms with van der Waals surface area (Å²) >= 11 is 0. The van der Waals surface area contributed by atoms with Gasteiger partial charge in [0.15, 0.2) is 0 Å². The van der Waals surface area contributed by atoms with Crippen molar-refractivity contribution in [3.05, 3.63) is 48.3 Å². The molecule has 0 bridgehead atoms. The summed E-state index contributed by atoms with van der Waals surface area (Å²) in [5, 5.41) is 11.0. The van der Waals surface area contributed by atoms with Crippen LogP contribution in [0.1, 0.15) is 12.5 Å². The average Bonchev–Trinajstić information content (AvgIpc) is 2.40. The molecular formula is C14H15N3O. The van der Waals surface area contributed by atoms with Crippen molar-refractivity contribution < 1.29 is 4.74 Å². The highest BCUT2D eigenvalue weighted by Crippen LogP contribution is 2.27. The Labute approximate surface area is 106 Å². The van der Waals surface area contributed by atoms with Crippen LogP contribution in [-0.2, 0) is 0 Å². The highest BCUT2D eigenvalue weighted by Gasteiger charge is 2.07. The molecule has 2 N–H and O–H groups in total. The first kappa shape index (κ1) is 12.1. The van der Waals surface area contributed by atoms with Crippen LogP contribution in [0.4, 0.5) is 11.4 Å². The topological polar surface area (TPSA) is 58.0 Å². The lowest BCUT2D eigenvalue weighted by molar-refractivity contribution is 0.416. The van der Waals surface area contributed by atoms with Gasteiger partial charge >= 0.3 is 0 Å². The van der Waals surface area contributed by atoms with Crippen LogP contribution in [0.2, 0.25) is 0 Å². The molecule has 0 fully saturated rings. The molecule has 92 valence electrons. The maximum atomic E-state index is 7.75. The van der Waals surface area contributed by atoms with Gasteiger partial charge in [-0.1, -0.05) is 18.2 Å². The van der Waals surface area contributed by atoms with Crippen LogP contribution in [0.3, 0.4) is 0 Å². The van der Waals surface area contributed by atoms with Gasteiger partial charge in [0.2, 0.25) is 0 Å². The third-order valence-corrected chi connectivity index (χ3v) is 2.60. The Hall–Kier alpha value is -2.36. The largest absolute Gasteiger partial charge is 0.494 e. The molecule has 0 atom stereocenters. The molecule has 4 nitrogen and oxygen atoms in total. The van der Waals surface area contributed by atoms with Gasteiger partial charge in [-0.25, -0.2) is 0 Å². The SMILES string of the molecule is COc1ccncc1Nc1ccccc1C(C)=N. The van der Waals surface area contributed by atoms with E-state index in [0.29, 0.717) is 5.71 Å². The van der Waals surface area contributed by atoms with Crippen LogP contribution in [0, 0.1) is 5.41 Å². The van der Waals surface area contributed by atoms with E-state index in [9.17, 15) is 0 Å². The quantitative estimate of drug-likeness (QED) is 0.808. The molecule has 4 heteroatoms. The third kappa shape index (κ3) is 2.48. The second-order valence-corrected chi connectivity index (χ2v) is 3.87. The van der Waals surface area contributed by atoms with Crippen molar-refractivity contribution in [3.8, 4) is 5.75 Å². The lowest BCUT2D eigenvalue weighted by Gasteiger charge is -2.13. The fraction of sp³-hybridized carbons (Fsp3) is 0.143. The smallest absolute Gasteiger partial charge is 0.145 e. The fourth-order valence-electron chi connectivity index (χ4n) is 1.72. The molecule has 0 unspecified atom stereocenters. The Kier molecular flexibility index (Phi) is 3.57. The van der Waals surface area contributed by atoms with Crippen molar-refractivity contribution >= 4 is 17.1 Å².